The number of carbonyl (C=O) groups is 1. The highest BCUT2D eigenvalue weighted by molar-refractivity contribution is 7.84. The lowest BCUT2D eigenvalue weighted by Crippen LogP contribution is -2.08. The molecule has 2 rings (SSSR count). The van der Waals surface area contributed by atoms with E-state index < -0.39 is 28.4 Å². The van der Waals surface area contributed by atoms with Crippen LogP contribution >= 0.6 is 0 Å². The summed E-state index contributed by atoms with van der Waals surface area (Å²) in [6, 6.07) is 9.21. The zero-order valence-corrected chi connectivity index (χ0v) is 12.0. The first-order valence-electron chi connectivity index (χ1n) is 6.02. The van der Waals surface area contributed by atoms with Crippen molar-refractivity contribution >= 4 is 16.8 Å². The van der Waals surface area contributed by atoms with E-state index in [1.807, 2.05) is 0 Å². The second-order valence-corrected chi connectivity index (χ2v) is 5.63. The Hall–Kier alpha value is -2.08. The van der Waals surface area contributed by atoms with Crippen molar-refractivity contribution < 1.29 is 22.5 Å². The van der Waals surface area contributed by atoms with Gasteiger partial charge in [-0.1, -0.05) is 18.2 Å². The number of hydrogen-bond donors (Lipinski definition) is 0. The molecule has 0 aliphatic rings. The van der Waals surface area contributed by atoms with E-state index >= 15 is 0 Å². The third-order valence-corrected chi connectivity index (χ3v) is 4.22. The van der Waals surface area contributed by atoms with Gasteiger partial charge in [0.15, 0.2) is 0 Å². The third kappa shape index (κ3) is 3.52. The third-order valence-electron chi connectivity index (χ3n) is 2.85. The number of methoxy groups -OCH3 is 1. The van der Waals surface area contributed by atoms with Crippen LogP contribution in [-0.2, 0) is 21.3 Å². The van der Waals surface area contributed by atoms with Gasteiger partial charge in [0.2, 0.25) is 0 Å². The highest BCUT2D eigenvalue weighted by atomic mass is 32.2. The predicted octanol–water partition coefficient (Wildman–Crippen LogP) is 3.06. The summed E-state index contributed by atoms with van der Waals surface area (Å²) < 4.78 is 43.6. The van der Waals surface area contributed by atoms with E-state index in [0.29, 0.717) is 5.56 Å². The Morgan fingerprint density at radius 1 is 1.19 bits per heavy atom. The van der Waals surface area contributed by atoms with Crippen molar-refractivity contribution in [2.24, 2.45) is 0 Å². The fraction of sp³-hybridized carbons (Fsp3) is 0.133. The zero-order chi connectivity index (χ0) is 15.4. The monoisotopic (exact) mass is 310 g/mol. The Kier molecular flexibility index (Phi) is 4.80. The van der Waals surface area contributed by atoms with Crippen molar-refractivity contribution in [2.75, 3.05) is 7.11 Å². The van der Waals surface area contributed by atoms with Gasteiger partial charge in [-0.15, -0.1) is 0 Å². The molecule has 0 fully saturated rings. The lowest BCUT2D eigenvalue weighted by Gasteiger charge is -2.08. The Morgan fingerprint density at radius 2 is 1.90 bits per heavy atom. The maximum absolute atomic E-state index is 13.6. The topological polar surface area (TPSA) is 43.4 Å². The molecule has 0 amide bonds. The molecule has 0 aliphatic heterocycles. The summed E-state index contributed by atoms with van der Waals surface area (Å²) in [6.45, 7) is 0. The molecule has 110 valence electrons. The minimum Gasteiger partial charge on any atom is -0.465 e. The lowest BCUT2D eigenvalue weighted by atomic mass is 10.1. The summed E-state index contributed by atoms with van der Waals surface area (Å²) in [6.07, 6.45) is 0. The van der Waals surface area contributed by atoms with Gasteiger partial charge in [-0.3, -0.25) is 4.21 Å². The van der Waals surface area contributed by atoms with Crippen LogP contribution in [0.15, 0.2) is 47.4 Å². The quantitative estimate of drug-likeness (QED) is 0.815. The molecular formula is C15H12F2O3S. The summed E-state index contributed by atoms with van der Waals surface area (Å²) in [5.41, 5.74) is 0.705. The maximum Gasteiger partial charge on any atom is 0.338 e. The van der Waals surface area contributed by atoms with Crippen molar-refractivity contribution in [2.45, 2.75) is 10.6 Å². The number of halogens is 2. The standard InChI is InChI=1S/C15H12F2O3S/c1-20-15(18)12-5-3-2-4-10(12)9-21(19)14-8-11(16)6-7-13(14)17/h2-8H,9H2,1H3. The molecule has 0 spiro atoms. The second-order valence-electron chi connectivity index (χ2n) is 4.21. The molecule has 2 aromatic rings. The van der Waals surface area contributed by atoms with Gasteiger partial charge in [-0.2, -0.15) is 0 Å². The van der Waals surface area contributed by atoms with E-state index in [1.165, 1.54) is 13.2 Å². The summed E-state index contributed by atoms with van der Waals surface area (Å²) in [5, 5.41) is 0. The zero-order valence-electron chi connectivity index (χ0n) is 11.1. The normalized spacial score (nSPS) is 12.0. The van der Waals surface area contributed by atoms with Gasteiger partial charge in [0.25, 0.3) is 0 Å². The first-order chi connectivity index (χ1) is 10.0. The summed E-state index contributed by atoms with van der Waals surface area (Å²) in [7, 11) is -0.569. The lowest BCUT2D eigenvalue weighted by molar-refractivity contribution is 0.0600. The molecule has 6 heteroatoms. The van der Waals surface area contributed by atoms with Crippen LogP contribution < -0.4 is 0 Å². The molecule has 0 aromatic heterocycles. The van der Waals surface area contributed by atoms with Crippen molar-refractivity contribution in [1.29, 1.82) is 0 Å². The number of ether oxygens (including phenoxy) is 1. The number of benzene rings is 2. The van der Waals surface area contributed by atoms with Gasteiger partial charge in [-0.25, -0.2) is 13.6 Å². The molecule has 0 N–H and O–H groups in total. The van der Waals surface area contributed by atoms with Crippen LogP contribution in [0.2, 0.25) is 0 Å². The first kappa shape index (κ1) is 15.3. The number of esters is 1. The van der Waals surface area contributed by atoms with Crippen molar-refractivity contribution in [3.8, 4) is 0 Å². The van der Waals surface area contributed by atoms with Crippen molar-refractivity contribution in [3.05, 3.63) is 65.2 Å². The fourth-order valence-electron chi connectivity index (χ4n) is 1.83. The average Bonchev–Trinajstić information content (AvgIpc) is 2.49. The Bertz CT molecular complexity index is 701. The number of hydrogen-bond acceptors (Lipinski definition) is 3. The van der Waals surface area contributed by atoms with Gasteiger partial charge in [0.1, 0.15) is 11.6 Å². The molecule has 0 saturated heterocycles. The summed E-state index contributed by atoms with van der Waals surface area (Å²) in [5.74, 6) is -2.08. The van der Waals surface area contributed by atoms with Crippen LogP contribution in [0.1, 0.15) is 15.9 Å². The van der Waals surface area contributed by atoms with Gasteiger partial charge >= 0.3 is 5.97 Å². The van der Waals surface area contributed by atoms with E-state index in [4.69, 9.17) is 0 Å². The van der Waals surface area contributed by atoms with Crippen LogP contribution in [0.25, 0.3) is 0 Å². The molecule has 0 radical (unpaired) electrons. The molecule has 21 heavy (non-hydrogen) atoms. The molecule has 0 saturated carbocycles. The highest BCUT2D eigenvalue weighted by Crippen LogP contribution is 2.19. The summed E-state index contributed by atoms with van der Waals surface area (Å²) >= 11 is 0. The largest absolute Gasteiger partial charge is 0.465 e. The van der Waals surface area contributed by atoms with Crippen molar-refractivity contribution in [3.63, 3.8) is 0 Å². The van der Waals surface area contributed by atoms with Gasteiger partial charge < -0.3 is 4.74 Å². The first-order valence-corrected chi connectivity index (χ1v) is 7.34. The van der Waals surface area contributed by atoms with E-state index in [9.17, 15) is 17.8 Å². The van der Waals surface area contributed by atoms with Gasteiger partial charge in [0, 0.05) is 0 Å². The molecule has 0 aliphatic carbocycles. The van der Waals surface area contributed by atoms with Gasteiger partial charge in [0.05, 0.1) is 34.1 Å². The van der Waals surface area contributed by atoms with Crippen LogP contribution in [-0.4, -0.2) is 17.3 Å². The molecule has 1 unspecified atom stereocenters. The van der Waals surface area contributed by atoms with E-state index in [1.54, 1.807) is 18.2 Å². The van der Waals surface area contributed by atoms with Crippen molar-refractivity contribution in [1.82, 2.24) is 0 Å². The Morgan fingerprint density at radius 3 is 2.62 bits per heavy atom. The average molecular weight is 310 g/mol. The molecule has 0 bridgehead atoms. The molecule has 0 heterocycles. The SMILES string of the molecule is COC(=O)c1ccccc1CS(=O)c1cc(F)ccc1F. The van der Waals surface area contributed by atoms with Gasteiger partial charge in [-0.05, 0) is 29.8 Å². The van der Waals surface area contributed by atoms with Crippen LogP contribution in [0, 0.1) is 11.6 Å². The molecule has 1 atom stereocenters. The van der Waals surface area contributed by atoms with Crippen LogP contribution in [0.4, 0.5) is 8.78 Å². The predicted molar refractivity (Wildman–Crippen MR) is 74.3 cm³/mol. The maximum atomic E-state index is 13.6. The fourth-order valence-corrected chi connectivity index (χ4v) is 3.05. The minimum absolute atomic E-state index is 0.106. The smallest absolute Gasteiger partial charge is 0.338 e. The second kappa shape index (κ2) is 6.58. The van der Waals surface area contributed by atoms with Crippen LogP contribution in [0.3, 0.4) is 0 Å². The minimum atomic E-state index is -1.81. The Labute approximate surface area is 123 Å². The summed E-state index contributed by atoms with van der Waals surface area (Å²) in [4.78, 5) is 11.4. The van der Waals surface area contributed by atoms with Crippen LogP contribution in [0.5, 0.6) is 0 Å². The Balaban J connectivity index is 2.32. The molecule has 3 nitrogen and oxygen atoms in total. The van der Waals surface area contributed by atoms with E-state index in [0.717, 1.165) is 18.2 Å². The van der Waals surface area contributed by atoms with E-state index in [2.05, 4.69) is 4.74 Å². The number of carbonyl (C=O) groups excluding carboxylic acids is 1. The van der Waals surface area contributed by atoms with E-state index in [-0.39, 0.29) is 16.2 Å². The molecule has 2 aromatic carbocycles. The highest BCUT2D eigenvalue weighted by Gasteiger charge is 2.16. The number of rotatable bonds is 4. The molecular weight excluding hydrogens is 298 g/mol.